The van der Waals surface area contributed by atoms with Crippen molar-refractivity contribution in [2.24, 2.45) is 0 Å². The number of nitrogens with zero attached hydrogens (tertiary/aromatic N) is 1. The molecule has 2 aromatic rings. The SMILES string of the molecule is CCCCCC(O)c1ccc(N2CCC(Cl)C2c2ccc(CCC(=O)O)cc2)cc1. The quantitative estimate of drug-likeness (QED) is 0.366. The molecule has 1 aliphatic rings. The Hall–Kier alpha value is -2.04. The molecule has 2 N–H and O–H groups in total. The highest BCUT2D eigenvalue weighted by atomic mass is 35.5. The first-order valence-corrected chi connectivity index (χ1v) is 11.4. The number of aliphatic hydroxyl groups is 1. The molecule has 1 aliphatic heterocycles. The molecule has 0 aliphatic carbocycles. The predicted octanol–water partition coefficient (Wildman–Crippen LogP) is 5.88. The Kier molecular flexibility index (Phi) is 8.17. The van der Waals surface area contributed by atoms with Crippen molar-refractivity contribution in [1.29, 1.82) is 0 Å². The standard InChI is InChI=1S/C25H32ClNO3/c1-2-3-4-5-23(28)19-11-13-21(14-12-19)27-17-16-22(26)25(27)20-9-6-18(7-10-20)8-15-24(29)30/h6-7,9-14,22-23,25,28H,2-5,8,15-17H2,1H3,(H,29,30). The molecule has 1 heterocycles. The van der Waals surface area contributed by atoms with Gasteiger partial charge in [0, 0.05) is 18.7 Å². The Bertz CT molecular complexity index is 806. The molecule has 3 rings (SSSR count). The number of hydrogen-bond donors (Lipinski definition) is 2. The summed E-state index contributed by atoms with van der Waals surface area (Å²) in [5.41, 5.74) is 4.26. The zero-order valence-corrected chi connectivity index (χ0v) is 18.4. The third kappa shape index (κ3) is 5.77. The molecule has 30 heavy (non-hydrogen) atoms. The Labute approximate surface area is 184 Å². The van der Waals surface area contributed by atoms with E-state index in [4.69, 9.17) is 16.7 Å². The minimum atomic E-state index is -0.777. The lowest BCUT2D eigenvalue weighted by atomic mass is 9.99. The number of aliphatic carboxylic acids is 1. The number of aliphatic hydroxyl groups excluding tert-OH is 1. The van der Waals surface area contributed by atoms with E-state index in [0.29, 0.717) is 6.42 Å². The van der Waals surface area contributed by atoms with Gasteiger partial charge in [0.25, 0.3) is 0 Å². The molecule has 0 aromatic heterocycles. The van der Waals surface area contributed by atoms with E-state index in [1.165, 1.54) is 0 Å². The van der Waals surface area contributed by atoms with E-state index >= 15 is 0 Å². The fourth-order valence-electron chi connectivity index (χ4n) is 4.21. The number of carbonyl (C=O) groups is 1. The molecule has 0 amide bonds. The van der Waals surface area contributed by atoms with Crippen LogP contribution < -0.4 is 4.90 Å². The molecule has 5 heteroatoms. The lowest BCUT2D eigenvalue weighted by molar-refractivity contribution is -0.136. The lowest BCUT2D eigenvalue weighted by Gasteiger charge is -2.29. The summed E-state index contributed by atoms with van der Waals surface area (Å²) in [5.74, 6) is -0.777. The first-order valence-electron chi connectivity index (χ1n) is 11.0. The first kappa shape index (κ1) is 22.6. The molecular formula is C25H32ClNO3. The summed E-state index contributed by atoms with van der Waals surface area (Å²) in [6.45, 7) is 3.05. The Morgan fingerprint density at radius 1 is 1.13 bits per heavy atom. The highest BCUT2D eigenvalue weighted by Gasteiger charge is 2.34. The predicted molar refractivity (Wildman–Crippen MR) is 122 cm³/mol. The van der Waals surface area contributed by atoms with Crippen LogP contribution in [0.3, 0.4) is 0 Å². The van der Waals surface area contributed by atoms with Crippen molar-refractivity contribution in [3.05, 3.63) is 65.2 Å². The number of unbranched alkanes of at least 4 members (excludes halogenated alkanes) is 2. The second-order valence-electron chi connectivity index (χ2n) is 8.18. The third-order valence-corrected chi connectivity index (χ3v) is 6.42. The van der Waals surface area contributed by atoms with Crippen LogP contribution in [0.4, 0.5) is 5.69 Å². The fourth-order valence-corrected chi connectivity index (χ4v) is 4.59. The molecule has 1 saturated heterocycles. The van der Waals surface area contributed by atoms with Crippen LogP contribution in [-0.2, 0) is 11.2 Å². The average molecular weight is 430 g/mol. The topological polar surface area (TPSA) is 60.8 Å². The number of halogens is 1. The van der Waals surface area contributed by atoms with Gasteiger partial charge in [0.2, 0.25) is 0 Å². The Morgan fingerprint density at radius 2 is 1.83 bits per heavy atom. The first-order chi connectivity index (χ1) is 14.5. The van der Waals surface area contributed by atoms with Crippen LogP contribution in [-0.4, -0.2) is 28.1 Å². The van der Waals surface area contributed by atoms with Crippen LogP contribution in [0.15, 0.2) is 48.5 Å². The molecule has 4 nitrogen and oxygen atoms in total. The summed E-state index contributed by atoms with van der Waals surface area (Å²) in [5, 5.41) is 19.3. The number of carboxylic acids is 1. The molecule has 0 spiro atoms. The molecule has 0 bridgehead atoms. The molecule has 3 atom stereocenters. The van der Waals surface area contributed by atoms with E-state index in [1.807, 2.05) is 24.3 Å². The van der Waals surface area contributed by atoms with Crippen molar-refractivity contribution in [2.45, 2.75) is 69.4 Å². The molecular weight excluding hydrogens is 398 g/mol. The highest BCUT2D eigenvalue weighted by molar-refractivity contribution is 6.21. The smallest absolute Gasteiger partial charge is 0.303 e. The summed E-state index contributed by atoms with van der Waals surface area (Å²) >= 11 is 6.69. The minimum Gasteiger partial charge on any atom is -0.481 e. The summed E-state index contributed by atoms with van der Waals surface area (Å²) in [7, 11) is 0. The van der Waals surface area contributed by atoms with Gasteiger partial charge >= 0.3 is 5.97 Å². The van der Waals surface area contributed by atoms with Crippen LogP contribution in [0.2, 0.25) is 0 Å². The number of aryl methyl sites for hydroxylation is 1. The second-order valence-corrected chi connectivity index (χ2v) is 8.74. The van der Waals surface area contributed by atoms with E-state index in [9.17, 15) is 9.90 Å². The molecule has 0 radical (unpaired) electrons. The van der Waals surface area contributed by atoms with Gasteiger partial charge in [-0.15, -0.1) is 11.6 Å². The summed E-state index contributed by atoms with van der Waals surface area (Å²) in [4.78, 5) is 13.1. The summed E-state index contributed by atoms with van der Waals surface area (Å²) < 4.78 is 0. The molecule has 3 unspecified atom stereocenters. The van der Waals surface area contributed by atoms with Gasteiger partial charge in [-0.05, 0) is 48.1 Å². The molecule has 162 valence electrons. The van der Waals surface area contributed by atoms with E-state index < -0.39 is 12.1 Å². The third-order valence-electron chi connectivity index (χ3n) is 5.96. The van der Waals surface area contributed by atoms with Gasteiger partial charge in [-0.25, -0.2) is 0 Å². The van der Waals surface area contributed by atoms with Gasteiger partial charge in [0.1, 0.15) is 0 Å². The zero-order valence-electron chi connectivity index (χ0n) is 17.6. The number of anilines is 1. The molecule has 0 saturated carbocycles. The Morgan fingerprint density at radius 3 is 2.47 bits per heavy atom. The Balaban J connectivity index is 1.70. The normalized spacial score (nSPS) is 19.8. The van der Waals surface area contributed by atoms with Crippen molar-refractivity contribution >= 4 is 23.3 Å². The van der Waals surface area contributed by atoms with E-state index in [2.05, 4.69) is 36.1 Å². The zero-order chi connectivity index (χ0) is 21.5. The van der Waals surface area contributed by atoms with Gasteiger partial charge in [-0.2, -0.15) is 0 Å². The number of carboxylic acid groups (broad SMARTS) is 1. The van der Waals surface area contributed by atoms with E-state index in [-0.39, 0.29) is 17.8 Å². The van der Waals surface area contributed by atoms with Crippen molar-refractivity contribution in [2.75, 3.05) is 11.4 Å². The maximum absolute atomic E-state index is 10.8. The van der Waals surface area contributed by atoms with Crippen molar-refractivity contribution in [1.82, 2.24) is 0 Å². The fraction of sp³-hybridized carbons (Fsp3) is 0.480. The number of hydrogen-bond acceptors (Lipinski definition) is 3. The van der Waals surface area contributed by atoms with Gasteiger partial charge in [0.15, 0.2) is 0 Å². The van der Waals surface area contributed by atoms with Crippen LogP contribution in [0.5, 0.6) is 0 Å². The van der Waals surface area contributed by atoms with Crippen LogP contribution in [0.1, 0.15) is 74.3 Å². The van der Waals surface area contributed by atoms with Gasteiger partial charge in [0.05, 0.1) is 17.5 Å². The van der Waals surface area contributed by atoms with Gasteiger partial charge < -0.3 is 15.1 Å². The summed E-state index contributed by atoms with van der Waals surface area (Å²) in [6.07, 6.45) is 5.34. The van der Waals surface area contributed by atoms with E-state index in [0.717, 1.165) is 61.0 Å². The second kappa shape index (κ2) is 10.8. The lowest BCUT2D eigenvalue weighted by Crippen LogP contribution is -2.25. The maximum Gasteiger partial charge on any atom is 0.303 e. The monoisotopic (exact) mass is 429 g/mol. The van der Waals surface area contributed by atoms with Crippen molar-refractivity contribution < 1.29 is 15.0 Å². The van der Waals surface area contributed by atoms with Crippen LogP contribution >= 0.6 is 11.6 Å². The minimum absolute atomic E-state index is 0.0224. The van der Waals surface area contributed by atoms with Gasteiger partial charge in [-0.1, -0.05) is 62.6 Å². The number of benzene rings is 2. The van der Waals surface area contributed by atoms with Crippen molar-refractivity contribution in [3.63, 3.8) is 0 Å². The van der Waals surface area contributed by atoms with Crippen LogP contribution in [0, 0.1) is 0 Å². The maximum atomic E-state index is 10.8. The van der Waals surface area contributed by atoms with Crippen molar-refractivity contribution in [3.8, 4) is 0 Å². The largest absolute Gasteiger partial charge is 0.481 e. The average Bonchev–Trinajstić information content (AvgIpc) is 3.14. The summed E-state index contributed by atoms with van der Waals surface area (Å²) in [6, 6.07) is 16.5. The van der Waals surface area contributed by atoms with Crippen LogP contribution in [0.25, 0.3) is 0 Å². The highest BCUT2D eigenvalue weighted by Crippen LogP contribution is 2.39. The molecule has 2 aromatic carbocycles. The van der Waals surface area contributed by atoms with Gasteiger partial charge in [-0.3, -0.25) is 4.79 Å². The molecule has 1 fully saturated rings. The van der Waals surface area contributed by atoms with E-state index in [1.54, 1.807) is 0 Å². The number of rotatable bonds is 10. The number of alkyl halides is 1.